The molecule has 31 heavy (non-hydrogen) atoms. The molecule has 5 rings (SSSR count). The van der Waals surface area contributed by atoms with Crippen molar-refractivity contribution in [2.24, 2.45) is 0 Å². The molecule has 2 aliphatic rings. The summed E-state index contributed by atoms with van der Waals surface area (Å²) in [5.41, 5.74) is 2.30. The van der Waals surface area contributed by atoms with Gasteiger partial charge in [-0.3, -0.25) is 19.3 Å². The van der Waals surface area contributed by atoms with Gasteiger partial charge >= 0.3 is 0 Å². The van der Waals surface area contributed by atoms with Crippen molar-refractivity contribution in [1.29, 1.82) is 0 Å². The number of nitrogens with zero attached hydrogens (tertiary/aromatic N) is 2. The Hall–Kier alpha value is -3.72. The number of nitrogens with one attached hydrogen (secondary N) is 1. The molecule has 0 aliphatic carbocycles. The number of anilines is 1. The van der Waals surface area contributed by atoms with Gasteiger partial charge < -0.3 is 14.8 Å². The van der Waals surface area contributed by atoms with Crippen molar-refractivity contribution in [1.82, 2.24) is 9.88 Å². The van der Waals surface area contributed by atoms with Crippen molar-refractivity contribution in [3.63, 3.8) is 0 Å². The van der Waals surface area contributed by atoms with Crippen molar-refractivity contribution in [3.8, 4) is 22.8 Å². The summed E-state index contributed by atoms with van der Waals surface area (Å²) >= 11 is 1.30. The molecule has 156 valence electrons. The summed E-state index contributed by atoms with van der Waals surface area (Å²) in [5.74, 6) is 0.307. The second-order valence-corrected chi connectivity index (χ2v) is 7.86. The highest BCUT2D eigenvalue weighted by atomic mass is 32.1. The summed E-state index contributed by atoms with van der Waals surface area (Å²) in [6.07, 6.45) is -0.00952. The van der Waals surface area contributed by atoms with Crippen LogP contribution in [0.5, 0.6) is 11.5 Å². The number of hydrogen-bond donors (Lipinski definition) is 1. The van der Waals surface area contributed by atoms with Gasteiger partial charge in [0.25, 0.3) is 11.8 Å². The largest absolute Gasteiger partial charge is 0.486 e. The van der Waals surface area contributed by atoms with Crippen LogP contribution < -0.4 is 14.8 Å². The predicted molar refractivity (Wildman–Crippen MR) is 114 cm³/mol. The molecule has 1 N–H and O–H groups in total. The second kappa shape index (κ2) is 7.84. The molecule has 3 amide bonds. The van der Waals surface area contributed by atoms with E-state index in [1.54, 1.807) is 24.3 Å². The number of imide groups is 1. The average Bonchev–Trinajstić information content (AvgIpc) is 3.35. The summed E-state index contributed by atoms with van der Waals surface area (Å²) in [6, 6.07) is 12.2. The van der Waals surface area contributed by atoms with E-state index in [2.05, 4.69) is 10.3 Å². The molecular formula is C22H17N3O5S. The second-order valence-electron chi connectivity index (χ2n) is 7.00. The maximum absolute atomic E-state index is 12.4. The molecule has 2 aliphatic heterocycles. The van der Waals surface area contributed by atoms with E-state index in [9.17, 15) is 14.4 Å². The Kier molecular flexibility index (Phi) is 4.87. The molecule has 0 spiro atoms. The molecular weight excluding hydrogens is 418 g/mol. The number of hydrogen-bond acceptors (Lipinski definition) is 7. The molecule has 0 saturated heterocycles. The van der Waals surface area contributed by atoms with Crippen molar-refractivity contribution >= 4 is 34.2 Å². The minimum Gasteiger partial charge on any atom is -0.486 e. The zero-order chi connectivity index (χ0) is 21.4. The molecule has 0 fully saturated rings. The monoisotopic (exact) mass is 435 g/mol. The first-order valence-electron chi connectivity index (χ1n) is 9.71. The Morgan fingerprint density at radius 3 is 2.48 bits per heavy atom. The van der Waals surface area contributed by atoms with Crippen molar-refractivity contribution < 1.29 is 23.9 Å². The molecule has 8 nitrogen and oxygen atoms in total. The van der Waals surface area contributed by atoms with Crippen LogP contribution in [-0.2, 0) is 4.79 Å². The van der Waals surface area contributed by atoms with E-state index in [4.69, 9.17) is 9.47 Å². The van der Waals surface area contributed by atoms with E-state index in [1.807, 2.05) is 23.6 Å². The van der Waals surface area contributed by atoms with E-state index in [-0.39, 0.29) is 30.7 Å². The van der Waals surface area contributed by atoms with Crippen LogP contribution in [0.3, 0.4) is 0 Å². The van der Waals surface area contributed by atoms with Crippen LogP contribution in [0, 0.1) is 0 Å². The van der Waals surface area contributed by atoms with Gasteiger partial charge in [0.05, 0.1) is 16.8 Å². The smallest absolute Gasteiger partial charge is 0.261 e. The van der Waals surface area contributed by atoms with Crippen LogP contribution in [0.15, 0.2) is 47.8 Å². The third-order valence-corrected chi connectivity index (χ3v) is 5.79. The highest BCUT2D eigenvalue weighted by Gasteiger charge is 2.35. The van der Waals surface area contributed by atoms with E-state index >= 15 is 0 Å². The normalized spacial score (nSPS) is 14.5. The molecule has 3 aromatic rings. The summed E-state index contributed by atoms with van der Waals surface area (Å²) in [4.78, 5) is 42.7. The molecule has 9 heteroatoms. The number of amides is 3. The number of carbonyl (C=O) groups is 3. The SMILES string of the molecule is O=C(CCN1C(=O)c2ccccc2C1=O)Nc1nc(-c2ccc3c(c2)OCCO3)cs1. The minimum atomic E-state index is -0.372. The fourth-order valence-electron chi connectivity index (χ4n) is 3.50. The first kappa shape index (κ1) is 19.3. The number of thiazole rings is 1. The average molecular weight is 435 g/mol. The number of carbonyl (C=O) groups excluding carboxylic acids is 3. The maximum Gasteiger partial charge on any atom is 0.261 e. The molecule has 0 saturated carbocycles. The predicted octanol–water partition coefficient (Wildman–Crippen LogP) is 3.21. The lowest BCUT2D eigenvalue weighted by molar-refractivity contribution is -0.116. The van der Waals surface area contributed by atoms with Crippen LogP contribution in [0.2, 0.25) is 0 Å². The Labute approximate surface area is 181 Å². The van der Waals surface area contributed by atoms with E-state index < -0.39 is 0 Å². The van der Waals surface area contributed by atoms with E-state index in [0.717, 1.165) is 10.5 Å². The van der Waals surface area contributed by atoms with Crippen LogP contribution >= 0.6 is 11.3 Å². The number of aromatic nitrogens is 1. The van der Waals surface area contributed by atoms with Gasteiger partial charge in [0.1, 0.15) is 13.2 Å². The fourth-order valence-corrected chi connectivity index (χ4v) is 4.24. The van der Waals surface area contributed by atoms with Crippen LogP contribution in [0.4, 0.5) is 5.13 Å². The molecule has 0 radical (unpaired) electrons. The van der Waals surface area contributed by atoms with Gasteiger partial charge in [-0.1, -0.05) is 12.1 Å². The summed E-state index contributed by atoms with van der Waals surface area (Å²) in [5, 5.41) is 5.01. The summed E-state index contributed by atoms with van der Waals surface area (Å²) in [7, 11) is 0. The number of benzene rings is 2. The zero-order valence-corrected chi connectivity index (χ0v) is 17.1. The van der Waals surface area contributed by atoms with Crippen LogP contribution in [0.25, 0.3) is 11.3 Å². The van der Waals surface area contributed by atoms with Gasteiger partial charge in [-0.25, -0.2) is 4.98 Å². The molecule has 0 bridgehead atoms. The third kappa shape index (κ3) is 3.64. The lowest BCUT2D eigenvalue weighted by atomic mass is 10.1. The number of fused-ring (bicyclic) bond motifs is 2. The van der Waals surface area contributed by atoms with Gasteiger partial charge in [0.2, 0.25) is 5.91 Å². The topological polar surface area (TPSA) is 97.8 Å². The molecule has 0 atom stereocenters. The van der Waals surface area contributed by atoms with Gasteiger partial charge in [0, 0.05) is 23.9 Å². The Morgan fingerprint density at radius 2 is 1.74 bits per heavy atom. The Bertz CT molecular complexity index is 1170. The maximum atomic E-state index is 12.4. The van der Waals surface area contributed by atoms with Crippen LogP contribution in [0.1, 0.15) is 27.1 Å². The van der Waals surface area contributed by atoms with Gasteiger partial charge in [-0.05, 0) is 30.3 Å². The van der Waals surface area contributed by atoms with Crippen molar-refractivity contribution in [2.75, 3.05) is 25.1 Å². The Morgan fingerprint density at radius 1 is 1.03 bits per heavy atom. The summed E-state index contributed by atoms with van der Waals surface area (Å²) in [6.45, 7) is 1.04. The van der Waals surface area contributed by atoms with Gasteiger partial charge in [-0.2, -0.15) is 0 Å². The summed E-state index contributed by atoms with van der Waals surface area (Å²) < 4.78 is 11.1. The quantitative estimate of drug-likeness (QED) is 0.618. The Balaban J connectivity index is 1.21. The van der Waals surface area contributed by atoms with Gasteiger partial charge in [0.15, 0.2) is 16.6 Å². The molecule has 1 aromatic heterocycles. The minimum absolute atomic E-state index is 0.00952. The van der Waals surface area contributed by atoms with Crippen molar-refractivity contribution in [2.45, 2.75) is 6.42 Å². The molecule has 0 unspecified atom stereocenters. The lowest BCUT2D eigenvalue weighted by Gasteiger charge is -2.18. The van der Waals surface area contributed by atoms with Gasteiger partial charge in [-0.15, -0.1) is 11.3 Å². The molecule has 2 aromatic carbocycles. The zero-order valence-electron chi connectivity index (χ0n) is 16.3. The standard InChI is InChI=1S/C22H17N3O5S/c26-19(7-8-25-20(27)14-3-1-2-4-15(14)21(25)28)24-22-23-16(12-31-22)13-5-6-17-18(11-13)30-10-9-29-17/h1-6,11-12H,7-10H2,(H,23,24,26). The first-order chi connectivity index (χ1) is 15.1. The highest BCUT2D eigenvalue weighted by molar-refractivity contribution is 7.14. The third-order valence-electron chi connectivity index (χ3n) is 5.03. The van der Waals surface area contributed by atoms with Crippen molar-refractivity contribution in [3.05, 3.63) is 59.0 Å². The number of rotatable bonds is 5. The van der Waals surface area contributed by atoms with E-state index in [0.29, 0.717) is 46.7 Å². The molecule has 3 heterocycles. The van der Waals surface area contributed by atoms with E-state index in [1.165, 1.54) is 11.3 Å². The fraction of sp³-hybridized carbons (Fsp3) is 0.182. The highest BCUT2D eigenvalue weighted by Crippen LogP contribution is 2.35. The number of ether oxygens (including phenoxy) is 2. The first-order valence-corrected chi connectivity index (χ1v) is 10.6. The van der Waals surface area contributed by atoms with Crippen LogP contribution in [-0.4, -0.2) is 47.4 Å². The lowest BCUT2D eigenvalue weighted by Crippen LogP contribution is -2.32.